The largest absolute Gasteiger partial charge is 0.380 e. The van der Waals surface area contributed by atoms with Gasteiger partial charge in [0.2, 0.25) is 0 Å². The van der Waals surface area contributed by atoms with Gasteiger partial charge in [0.1, 0.15) is 6.10 Å². The first-order valence-electron chi connectivity index (χ1n) is 5.34. The van der Waals surface area contributed by atoms with Crippen molar-refractivity contribution in [2.24, 2.45) is 5.73 Å². The van der Waals surface area contributed by atoms with Crippen LogP contribution in [0.25, 0.3) is 0 Å². The van der Waals surface area contributed by atoms with Gasteiger partial charge in [-0.25, -0.2) is 0 Å². The zero-order valence-corrected chi connectivity index (χ0v) is 9.62. The Hall–Kier alpha value is -0.650. The number of ether oxygens (including phenoxy) is 2. The number of methoxy groups -OCH3 is 1. The molecule has 1 atom stereocenters. The lowest BCUT2D eigenvalue weighted by molar-refractivity contribution is -0.130. The molecule has 5 heteroatoms. The van der Waals surface area contributed by atoms with E-state index in [1.165, 1.54) is 7.11 Å². The molecule has 15 heavy (non-hydrogen) atoms. The lowest BCUT2D eigenvalue weighted by Gasteiger charge is -2.12. The van der Waals surface area contributed by atoms with Gasteiger partial charge < -0.3 is 20.5 Å². The molecule has 3 N–H and O–H groups in total. The molecule has 0 saturated heterocycles. The van der Waals surface area contributed by atoms with Crippen LogP contribution in [0.15, 0.2) is 0 Å². The van der Waals surface area contributed by atoms with Crippen molar-refractivity contribution >= 4 is 5.91 Å². The van der Waals surface area contributed by atoms with Crippen LogP contribution < -0.4 is 11.1 Å². The molecule has 90 valence electrons. The first kappa shape index (κ1) is 14.3. The van der Waals surface area contributed by atoms with Gasteiger partial charge >= 0.3 is 0 Å². The average molecular weight is 218 g/mol. The summed E-state index contributed by atoms with van der Waals surface area (Å²) in [7, 11) is 1.47. The van der Waals surface area contributed by atoms with Crippen molar-refractivity contribution in [2.75, 3.05) is 33.4 Å². The Bertz CT molecular complexity index is 161. The molecule has 0 fully saturated rings. The summed E-state index contributed by atoms with van der Waals surface area (Å²) in [6.45, 7) is 4.08. The molecular formula is C10H22N2O3. The fraction of sp³-hybridized carbons (Fsp3) is 0.900. The molecule has 0 aromatic heterocycles. The van der Waals surface area contributed by atoms with E-state index >= 15 is 0 Å². The lowest BCUT2D eigenvalue weighted by atomic mass is 10.3. The Balaban J connectivity index is 3.38. The summed E-state index contributed by atoms with van der Waals surface area (Å²) in [5.41, 5.74) is 5.34. The van der Waals surface area contributed by atoms with Gasteiger partial charge in [-0.2, -0.15) is 0 Å². The van der Waals surface area contributed by atoms with E-state index < -0.39 is 6.10 Å². The number of hydrogen-bond donors (Lipinski definition) is 2. The average Bonchev–Trinajstić information content (AvgIpc) is 2.25. The first-order chi connectivity index (χ1) is 7.26. The third-order valence-corrected chi connectivity index (χ3v) is 1.98. The van der Waals surface area contributed by atoms with Crippen LogP contribution in [0.2, 0.25) is 0 Å². The number of rotatable bonds is 9. The smallest absolute Gasteiger partial charge is 0.250 e. The maximum atomic E-state index is 11.3. The molecule has 5 nitrogen and oxygen atoms in total. The molecule has 0 spiro atoms. The van der Waals surface area contributed by atoms with Crippen LogP contribution in [-0.4, -0.2) is 45.4 Å². The number of nitrogens with two attached hydrogens (primary N) is 1. The van der Waals surface area contributed by atoms with Crippen molar-refractivity contribution in [1.29, 1.82) is 0 Å². The monoisotopic (exact) mass is 218 g/mol. The fourth-order valence-corrected chi connectivity index (χ4v) is 1.02. The molecule has 0 saturated carbocycles. The summed E-state index contributed by atoms with van der Waals surface area (Å²) >= 11 is 0. The molecule has 0 aromatic carbocycles. The standard InChI is InChI=1S/C10H22N2O3/c1-3-4-6-15-7-5-12-10(13)9(8-11)14-2/h9H,3-8,11H2,1-2H3,(H,12,13). The van der Waals surface area contributed by atoms with Crippen LogP contribution in [0.1, 0.15) is 19.8 Å². The van der Waals surface area contributed by atoms with Crippen molar-refractivity contribution < 1.29 is 14.3 Å². The second-order valence-corrected chi connectivity index (χ2v) is 3.22. The Morgan fingerprint density at radius 3 is 2.73 bits per heavy atom. The fourth-order valence-electron chi connectivity index (χ4n) is 1.02. The van der Waals surface area contributed by atoms with E-state index in [9.17, 15) is 4.79 Å². The number of amides is 1. The summed E-state index contributed by atoms with van der Waals surface area (Å²) < 4.78 is 10.2. The topological polar surface area (TPSA) is 73.6 Å². The van der Waals surface area contributed by atoms with E-state index in [0.717, 1.165) is 19.4 Å². The highest BCUT2D eigenvalue weighted by atomic mass is 16.5. The van der Waals surface area contributed by atoms with Gasteiger partial charge in [-0.15, -0.1) is 0 Å². The molecule has 0 aliphatic carbocycles. The molecule has 0 aliphatic rings. The molecular weight excluding hydrogens is 196 g/mol. The number of nitrogens with one attached hydrogen (secondary N) is 1. The number of carbonyl (C=O) groups is 1. The van der Waals surface area contributed by atoms with Crippen molar-refractivity contribution in [2.45, 2.75) is 25.9 Å². The Morgan fingerprint density at radius 2 is 2.20 bits per heavy atom. The van der Waals surface area contributed by atoms with Gasteiger partial charge in [-0.1, -0.05) is 13.3 Å². The summed E-state index contributed by atoms with van der Waals surface area (Å²) in [5.74, 6) is -0.181. The predicted octanol–water partition coefficient (Wildman–Crippen LogP) is -0.107. The quantitative estimate of drug-likeness (QED) is 0.530. The minimum absolute atomic E-state index is 0.181. The lowest BCUT2D eigenvalue weighted by Crippen LogP contribution is -2.41. The number of unbranched alkanes of at least 4 members (excludes halogenated alkanes) is 1. The van der Waals surface area contributed by atoms with Gasteiger partial charge in [0, 0.05) is 26.8 Å². The predicted molar refractivity (Wildman–Crippen MR) is 58.6 cm³/mol. The molecule has 1 unspecified atom stereocenters. The van der Waals surface area contributed by atoms with Crippen LogP contribution in [-0.2, 0) is 14.3 Å². The molecule has 1 amide bonds. The van der Waals surface area contributed by atoms with Crippen molar-refractivity contribution in [1.82, 2.24) is 5.32 Å². The summed E-state index contributed by atoms with van der Waals surface area (Å²) in [4.78, 5) is 11.3. The molecule has 0 aliphatic heterocycles. The van der Waals surface area contributed by atoms with E-state index in [1.54, 1.807) is 0 Å². The maximum absolute atomic E-state index is 11.3. The SMILES string of the molecule is CCCCOCCNC(=O)C(CN)OC. The van der Waals surface area contributed by atoms with Crippen LogP contribution in [0, 0.1) is 0 Å². The Kier molecular flexibility index (Phi) is 9.46. The molecule has 0 radical (unpaired) electrons. The second-order valence-electron chi connectivity index (χ2n) is 3.22. The molecule has 0 aromatic rings. The third kappa shape index (κ3) is 7.30. The Morgan fingerprint density at radius 1 is 1.47 bits per heavy atom. The van der Waals surface area contributed by atoms with Gasteiger partial charge in [0.15, 0.2) is 0 Å². The summed E-state index contributed by atoms with van der Waals surface area (Å²) in [5, 5.41) is 2.69. The highest BCUT2D eigenvalue weighted by Gasteiger charge is 2.14. The van der Waals surface area contributed by atoms with E-state index in [0.29, 0.717) is 13.2 Å². The van der Waals surface area contributed by atoms with Gasteiger partial charge in [0.05, 0.1) is 6.61 Å². The molecule has 0 bridgehead atoms. The minimum atomic E-state index is -0.555. The second kappa shape index (κ2) is 9.89. The van der Waals surface area contributed by atoms with E-state index in [-0.39, 0.29) is 12.5 Å². The third-order valence-electron chi connectivity index (χ3n) is 1.98. The highest BCUT2D eigenvalue weighted by Crippen LogP contribution is 1.88. The van der Waals surface area contributed by atoms with Crippen LogP contribution in [0.3, 0.4) is 0 Å². The van der Waals surface area contributed by atoms with Crippen LogP contribution in [0.4, 0.5) is 0 Å². The van der Waals surface area contributed by atoms with E-state index in [2.05, 4.69) is 12.2 Å². The van der Waals surface area contributed by atoms with Crippen LogP contribution >= 0.6 is 0 Å². The Labute approximate surface area is 91.3 Å². The first-order valence-corrected chi connectivity index (χ1v) is 5.34. The zero-order chi connectivity index (χ0) is 11.5. The zero-order valence-electron chi connectivity index (χ0n) is 9.62. The minimum Gasteiger partial charge on any atom is -0.380 e. The van der Waals surface area contributed by atoms with E-state index in [1.807, 2.05) is 0 Å². The number of carbonyl (C=O) groups excluding carboxylic acids is 1. The van der Waals surface area contributed by atoms with Gasteiger partial charge in [-0.05, 0) is 6.42 Å². The van der Waals surface area contributed by atoms with Crippen molar-refractivity contribution in [3.05, 3.63) is 0 Å². The van der Waals surface area contributed by atoms with Crippen molar-refractivity contribution in [3.63, 3.8) is 0 Å². The van der Waals surface area contributed by atoms with Gasteiger partial charge in [-0.3, -0.25) is 4.79 Å². The number of hydrogen-bond acceptors (Lipinski definition) is 4. The highest BCUT2D eigenvalue weighted by molar-refractivity contribution is 5.80. The maximum Gasteiger partial charge on any atom is 0.250 e. The summed E-state index contributed by atoms with van der Waals surface area (Å²) in [6, 6.07) is 0. The molecule has 0 heterocycles. The van der Waals surface area contributed by atoms with Crippen LogP contribution in [0.5, 0.6) is 0 Å². The normalized spacial score (nSPS) is 12.5. The summed E-state index contributed by atoms with van der Waals surface area (Å²) in [6.07, 6.45) is 1.61. The van der Waals surface area contributed by atoms with Gasteiger partial charge in [0.25, 0.3) is 5.91 Å². The molecule has 0 rings (SSSR count). The van der Waals surface area contributed by atoms with E-state index in [4.69, 9.17) is 15.2 Å². The van der Waals surface area contributed by atoms with Crippen molar-refractivity contribution in [3.8, 4) is 0 Å².